The number of hydrogen-bond acceptors (Lipinski definition) is 2. The number of hydrogen-bond donors (Lipinski definition) is 0. The molecule has 30 heavy (non-hydrogen) atoms. The molecule has 0 fully saturated rings. The lowest BCUT2D eigenvalue weighted by atomic mass is 9.76. The van der Waals surface area contributed by atoms with Gasteiger partial charge in [-0.15, -0.1) is 0 Å². The second-order valence-electron chi connectivity index (χ2n) is 9.75. The van der Waals surface area contributed by atoms with E-state index in [0.29, 0.717) is 23.9 Å². The minimum Gasteiger partial charge on any atom is -0.328 e. The van der Waals surface area contributed by atoms with E-state index < -0.39 is 0 Å². The SMILES string of the molecule is CCC[C@H]1C(C2=CC=CC3=CN(C4=C(C)C=C(C)C[C@H]4C)C(C)N32)=C(C)C=CC1C. The topological polar surface area (TPSA) is 6.48 Å². The van der Waals surface area contributed by atoms with Crippen molar-refractivity contribution >= 4 is 0 Å². The molecule has 2 unspecified atom stereocenters. The molecule has 0 saturated heterocycles. The molecule has 0 aromatic heterocycles. The van der Waals surface area contributed by atoms with Crippen molar-refractivity contribution in [2.75, 3.05) is 0 Å². The summed E-state index contributed by atoms with van der Waals surface area (Å²) in [4.78, 5) is 5.11. The zero-order valence-corrected chi connectivity index (χ0v) is 19.9. The first-order valence-corrected chi connectivity index (χ1v) is 11.8. The zero-order valence-electron chi connectivity index (χ0n) is 19.9. The predicted molar refractivity (Wildman–Crippen MR) is 128 cm³/mol. The normalized spacial score (nSPS) is 31.2. The number of fused-ring (bicyclic) bond motifs is 1. The van der Waals surface area contributed by atoms with E-state index in [1.165, 1.54) is 46.7 Å². The molecular weight excluding hydrogens is 364 g/mol. The molecule has 2 heterocycles. The second-order valence-corrected chi connectivity index (χ2v) is 9.75. The molecule has 0 radical (unpaired) electrons. The Balaban J connectivity index is 1.74. The number of nitrogens with zero attached hydrogens (tertiary/aromatic N) is 2. The fourth-order valence-electron chi connectivity index (χ4n) is 6.04. The summed E-state index contributed by atoms with van der Waals surface area (Å²) in [6, 6.07) is 0. The maximum Gasteiger partial charge on any atom is 0.107 e. The average Bonchev–Trinajstić information content (AvgIpc) is 3.01. The van der Waals surface area contributed by atoms with Gasteiger partial charge in [-0.2, -0.15) is 0 Å². The van der Waals surface area contributed by atoms with Crippen LogP contribution in [0.3, 0.4) is 0 Å². The minimum absolute atomic E-state index is 0.291. The smallest absolute Gasteiger partial charge is 0.107 e. The lowest BCUT2D eigenvalue weighted by molar-refractivity contribution is 0.212. The molecule has 0 N–H and O–H groups in total. The van der Waals surface area contributed by atoms with Crippen LogP contribution in [-0.4, -0.2) is 16.0 Å². The van der Waals surface area contributed by atoms with Gasteiger partial charge in [-0.3, -0.25) is 0 Å². The van der Waals surface area contributed by atoms with E-state index in [0.717, 1.165) is 6.42 Å². The Labute approximate surface area is 183 Å². The summed E-state index contributed by atoms with van der Waals surface area (Å²) in [6.07, 6.45) is 20.3. The highest BCUT2D eigenvalue weighted by Gasteiger charge is 2.38. The fourth-order valence-corrected chi connectivity index (χ4v) is 6.04. The third-order valence-corrected chi connectivity index (χ3v) is 7.30. The van der Waals surface area contributed by atoms with E-state index >= 15 is 0 Å². The Hall–Kier alpha value is -2.22. The van der Waals surface area contributed by atoms with Crippen LogP contribution in [0.5, 0.6) is 0 Å². The second kappa shape index (κ2) is 8.13. The highest BCUT2D eigenvalue weighted by atomic mass is 15.4. The van der Waals surface area contributed by atoms with Crippen molar-refractivity contribution in [1.82, 2.24) is 9.80 Å². The summed E-state index contributed by atoms with van der Waals surface area (Å²) in [7, 11) is 0. The van der Waals surface area contributed by atoms with Crippen molar-refractivity contribution in [3.05, 3.63) is 82.0 Å². The third-order valence-electron chi connectivity index (χ3n) is 7.30. The molecule has 0 saturated carbocycles. The largest absolute Gasteiger partial charge is 0.328 e. The zero-order chi connectivity index (χ0) is 21.6. The third kappa shape index (κ3) is 3.45. The average molecular weight is 403 g/mol. The van der Waals surface area contributed by atoms with Gasteiger partial charge in [0.15, 0.2) is 0 Å². The molecule has 2 nitrogen and oxygen atoms in total. The monoisotopic (exact) mass is 402 g/mol. The van der Waals surface area contributed by atoms with Crippen molar-refractivity contribution in [2.24, 2.45) is 17.8 Å². The molecule has 0 aromatic carbocycles. The molecule has 4 atom stereocenters. The van der Waals surface area contributed by atoms with Crippen LogP contribution in [-0.2, 0) is 0 Å². The number of allylic oxidation sites excluding steroid dienone is 11. The van der Waals surface area contributed by atoms with Gasteiger partial charge in [0.25, 0.3) is 0 Å². The Bertz CT molecular complexity index is 934. The summed E-state index contributed by atoms with van der Waals surface area (Å²) in [5, 5.41) is 0. The first kappa shape index (κ1) is 21.0. The fraction of sp³-hybridized carbons (Fsp3) is 0.500. The maximum absolute atomic E-state index is 2.57. The first-order chi connectivity index (χ1) is 14.3. The van der Waals surface area contributed by atoms with Crippen LogP contribution >= 0.6 is 0 Å². The van der Waals surface area contributed by atoms with E-state index in [1.807, 2.05) is 0 Å². The number of rotatable bonds is 4. The Kier molecular flexibility index (Phi) is 5.70. The predicted octanol–water partition coefficient (Wildman–Crippen LogP) is 7.44. The summed E-state index contributed by atoms with van der Waals surface area (Å²) in [5.74, 6) is 1.74. The standard InChI is InChI=1S/C28H38N2/c1-8-10-25-19(3)13-14-20(4)27(25)26-12-9-11-24-17-29(23(7)30(24)26)28-21(5)15-18(2)16-22(28)6/h9,11-15,17,19,22-23,25H,8,10,16H2,1-7H3/t19?,22-,23?,25-/m1/s1. The van der Waals surface area contributed by atoms with Crippen LogP contribution in [0.4, 0.5) is 0 Å². The highest BCUT2D eigenvalue weighted by Crippen LogP contribution is 2.45. The molecule has 2 aliphatic carbocycles. The molecule has 160 valence electrons. The van der Waals surface area contributed by atoms with Crippen molar-refractivity contribution < 1.29 is 0 Å². The Morgan fingerprint density at radius 1 is 1.03 bits per heavy atom. The molecule has 0 aromatic rings. The van der Waals surface area contributed by atoms with Gasteiger partial charge in [-0.25, -0.2) is 0 Å². The lowest BCUT2D eigenvalue weighted by Crippen LogP contribution is -2.40. The van der Waals surface area contributed by atoms with Gasteiger partial charge >= 0.3 is 0 Å². The van der Waals surface area contributed by atoms with Gasteiger partial charge in [0.05, 0.1) is 5.70 Å². The highest BCUT2D eigenvalue weighted by molar-refractivity contribution is 5.51. The van der Waals surface area contributed by atoms with Gasteiger partial charge < -0.3 is 9.80 Å². The van der Waals surface area contributed by atoms with Crippen LogP contribution in [0.1, 0.15) is 67.7 Å². The van der Waals surface area contributed by atoms with Crippen molar-refractivity contribution in [3.63, 3.8) is 0 Å². The van der Waals surface area contributed by atoms with E-state index in [-0.39, 0.29) is 0 Å². The van der Waals surface area contributed by atoms with Gasteiger partial charge in [-0.05, 0) is 81.2 Å². The molecule has 0 bridgehead atoms. The van der Waals surface area contributed by atoms with Crippen LogP contribution in [0.25, 0.3) is 0 Å². The van der Waals surface area contributed by atoms with Crippen LogP contribution in [0.2, 0.25) is 0 Å². The quantitative estimate of drug-likeness (QED) is 0.482. The van der Waals surface area contributed by atoms with Crippen LogP contribution < -0.4 is 0 Å². The maximum atomic E-state index is 2.57. The van der Waals surface area contributed by atoms with Crippen LogP contribution in [0, 0.1) is 17.8 Å². The van der Waals surface area contributed by atoms with E-state index in [9.17, 15) is 0 Å². The van der Waals surface area contributed by atoms with E-state index in [4.69, 9.17) is 0 Å². The molecule has 2 aliphatic heterocycles. The summed E-state index contributed by atoms with van der Waals surface area (Å²) < 4.78 is 0. The Morgan fingerprint density at radius 3 is 2.50 bits per heavy atom. The molecule has 2 heteroatoms. The van der Waals surface area contributed by atoms with Gasteiger partial charge in [0.2, 0.25) is 0 Å². The first-order valence-electron chi connectivity index (χ1n) is 11.8. The molecular formula is C28H38N2. The molecule has 4 rings (SSSR count). The molecule has 0 amide bonds. The van der Waals surface area contributed by atoms with Gasteiger partial charge in [0, 0.05) is 23.5 Å². The lowest BCUT2D eigenvalue weighted by Gasteiger charge is -2.41. The Morgan fingerprint density at radius 2 is 1.80 bits per heavy atom. The summed E-state index contributed by atoms with van der Waals surface area (Å²) in [5.41, 5.74) is 10.1. The van der Waals surface area contributed by atoms with Gasteiger partial charge in [0.1, 0.15) is 6.17 Å². The summed E-state index contributed by atoms with van der Waals surface area (Å²) >= 11 is 0. The van der Waals surface area contributed by atoms with E-state index in [1.54, 1.807) is 5.57 Å². The molecule has 0 spiro atoms. The minimum atomic E-state index is 0.291. The van der Waals surface area contributed by atoms with E-state index in [2.05, 4.69) is 101 Å². The summed E-state index contributed by atoms with van der Waals surface area (Å²) in [6.45, 7) is 16.3. The van der Waals surface area contributed by atoms with Crippen molar-refractivity contribution in [2.45, 2.75) is 73.9 Å². The van der Waals surface area contributed by atoms with Crippen LogP contribution in [0.15, 0.2) is 82.0 Å². The van der Waals surface area contributed by atoms with Crippen molar-refractivity contribution in [1.29, 1.82) is 0 Å². The van der Waals surface area contributed by atoms with Crippen molar-refractivity contribution in [3.8, 4) is 0 Å². The molecule has 4 aliphatic rings. The van der Waals surface area contributed by atoms with Gasteiger partial charge in [-0.1, -0.05) is 57.1 Å².